The van der Waals surface area contributed by atoms with Crippen molar-refractivity contribution in [3.8, 4) is 0 Å². The number of benzene rings is 2. The van der Waals surface area contributed by atoms with Crippen LogP contribution in [-0.4, -0.2) is 13.1 Å². The van der Waals surface area contributed by atoms with E-state index in [4.69, 9.17) is 0 Å². The van der Waals surface area contributed by atoms with Crippen LogP contribution in [0.4, 0.5) is 8.78 Å². The van der Waals surface area contributed by atoms with Crippen LogP contribution in [0.2, 0.25) is 0 Å². The van der Waals surface area contributed by atoms with Crippen molar-refractivity contribution in [2.45, 2.75) is 18.3 Å². The summed E-state index contributed by atoms with van der Waals surface area (Å²) in [5.74, 6) is 0.720. The summed E-state index contributed by atoms with van der Waals surface area (Å²) < 4.78 is 26.8. The van der Waals surface area contributed by atoms with Crippen LogP contribution >= 0.6 is 0 Å². The fourth-order valence-corrected chi connectivity index (χ4v) is 4.10. The van der Waals surface area contributed by atoms with Gasteiger partial charge >= 0.3 is 0 Å². The van der Waals surface area contributed by atoms with Gasteiger partial charge in [-0.15, -0.1) is 0 Å². The predicted octanol–water partition coefficient (Wildman–Crippen LogP) is 3.80. The third-order valence-electron chi connectivity index (χ3n) is 4.98. The first-order valence-corrected chi connectivity index (χ1v) is 7.49. The van der Waals surface area contributed by atoms with Crippen LogP contribution in [0.5, 0.6) is 0 Å². The van der Waals surface area contributed by atoms with Gasteiger partial charge in [-0.1, -0.05) is 18.2 Å². The van der Waals surface area contributed by atoms with Gasteiger partial charge in [-0.05, 0) is 59.8 Å². The van der Waals surface area contributed by atoms with Crippen molar-refractivity contribution in [3.63, 3.8) is 0 Å². The van der Waals surface area contributed by atoms with E-state index in [0.29, 0.717) is 11.8 Å². The number of fused-ring (bicyclic) bond motifs is 3. The molecule has 0 unspecified atom stereocenters. The van der Waals surface area contributed by atoms with E-state index in [1.165, 1.54) is 17.7 Å². The van der Waals surface area contributed by atoms with Gasteiger partial charge in [-0.2, -0.15) is 0 Å². The van der Waals surface area contributed by atoms with Gasteiger partial charge < -0.3 is 5.32 Å². The van der Waals surface area contributed by atoms with E-state index in [1.54, 1.807) is 12.1 Å². The molecule has 2 aromatic rings. The number of halogens is 2. The Hall–Kier alpha value is -1.74. The van der Waals surface area contributed by atoms with Crippen LogP contribution in [0.25, 0.3) is 0 Å². The second kappa shape index (κ2) is 4.92. The summed E-state index contributed by atoms with van der Waals surface area (Å²) in [6, 6.07) is 11.9. The molecule has 2 aromatic carbocycles. The summed E-state index contributed by atoms with van der Waals surface area (Å²) in [5.41, 5.74) is 3.47. The smallest absolute Gasteiger partial charge is 0.123 e. The molecule has 0 spiro atoms. The molecule has 0 amide bonds. The molecule has 1 saturated heterocycles. The molecule has 3 heteroatoms. The van der Waals surface area contributed by atoms with Crippen LogP contribution in [0.1, 0.15) is 34.9 Å². The van der Waals surface area contributed by atoms with E-state index in [-0.39, 0.29) is 17.6 Å². The third-order valence-corrected chi connectivity index (χ3v) is 4.98. The van der Waals surface area contributed by atoms with Gasteiger partial charge in [0.1, 0.15) is 11.6 Å². The lowest BCUT2D eigenvalue weighted by Gasteiger charge is -2.30. The maximum Gasteiger partial charge on any atom is 0.123 e. The highest BCUT2D eigenvalue weighted by Crippen LogP contribution is 2.51. The lowest BCUT2D eigenvalue weighted by Crippen LogP contribution is -2.34. The van der Waals surface area contributed by atoms with Crippen molar-refractivity contribution >= 4 is 0 Å². The molecular weight excluding hydrogens is 268 g/mol. The summed E-state index contributed by atoms with van der Waals surface area (Å²) in [7, 11) is 0. The van der Waals surface area contributed by atoms with Crippen molar-refractivity contribution in [1.29, 1.82) is 0 Å². The molecule has 1 aliphatic carbocycles. The first-order chi connectivity index (χ1) is 10.2. The van der Waals surface area contributed by atoms with Crippen molar-refractivity contribution in [1.82, 2.24) is 5.32 Å². The van der Waals surface area contributed by atoms with Crippen molar-refractivity contribution in [2.75, 3.05) is 13.1 Å². The maximum absolute atomic E-state index is 13.6. The van der Waals surface area contributed by atoms with Gasteiger partial charge in [-0.3, -0.25) is 0 Å². The molecule has 1 heterocycles. The minimum atomic E-state index is -0.210. The summed E-state index contributed by atoms with van der Waals surface area (Å²) in [5, 5.41) is 3.42. The van der Waals surface area contributed by atoms with Gasteiger partial charge in [0.2, 0.25) is 0 Å². The molecule has 0 saturated carbocycles. The van der Waals surface area contributed by atoms with Gasteiger partial charge in [0.05, 0.1) is 0 Å². The van der Waals surface area contributed by atoms with E-state index in [1.807, 2.05) is 18.2 Å². The maximum atomic E-state index is 13.6. The van der Waals surface area contributed by atoms with Crippen LogP contribution in [0, 0.1) is 17.6 Å². The topological polar surface area (TPSA) is 12.0 Å². The number of piperidine rings is 1. The summed E-state index contributed by atoms with van der Waals surface area (Å²) >= 11 is 0. The number of rotatable bonds is 1. The molecule has 0 radical (unpaired) electrons. The monoisotopic (exact) mass is 285 g/mol. The molecule has 0 bridgehead atoms. The highest BCUT2D eigenvalue weighted by atomic mass is 19.1. The third kappa shape index (κ3) is 2.07. The minimum Gasteiger partial charge on any atom is -0.316 e. The highest BCUT2D eigenvalue weighted by Gasteiger charge is 2.42. The standard InChI is InChI=1S/C18H17F2N/c19-12-3-1-11(2-4-12)18-14-6-5-13(20)9-16(14)17-10-21-8-7-15(17)18/h1-6,9,15,17-18,21H,7-8,10H2/t15-,17-,18-/m0/s1. The Labute approximate surface area is 123 Å². The number of hydrogen-bond donors (Lipinski definition) is 1. The van der Waals surface area contributed by atoms with Crippen LogP contribution in [0.15, 0.2) is 42.5 Å². The molecule has 3 atom stereocenters. The highest BCUT2D eigenvalue weighted by molar-refractivity contribution is 5.47. The van der Waals surface area contributed by atoms with E-state index in [0.717, 1.165) is 30.6 Å². The first kappa shape index (κ1) is 13.0. The van der Waals surface area contributed by atoms with Crippen LogP contribution in [-0.2, 0) is 0 Å². The lowest BCUT2D eigenvalue weighted by atomic mass is 9.79. The van der Waals surface area contributed by atoms with Crippen molar-refractivity contribution in [3.05, 3.63) is 70.8 Å². The average Bonchev–Trinajstić information content (AvgIpc) is 2.82. The summed E-state index contributed by atoms with van der Waals surface area (Å²) in [6.07, 6.45) is 1.07. The number of hydrogen-bond acceptors (Lipinski definition) is 1. The zero-order chi connectivity index (χ0) is 14.4. The normalized spacial score (nSPS) is 27.2. The zero-order valence-corrected chi connectivity index (χ0v) is 11.7. The quantitative estimate of drug-likeness (QED) is 0.840. The van der Waals surface area contributed by atoms with E-state index < -0.39 is 0 Å². The molecule has 1 nitrogen and oxygen atoms in total. The van der Waals surface area contributed by atoms with Crippen LogP contribution in [0.3, 0.4) is 0 Å². The minimum absolute atomic E-state index is 0.169. The fourth-order valence-electron chi connectivity index (χ4n) is 4.10. The zero-order valence-electron chi connectivity index (χ0n) is 11.7. The Bertz CT molecular complexity index is 665. The summed E-state index contributed by atoms with van der Waals surface area (Å²) in [6.45, 7) is 1.90. The lowest BCUT2D eigenvalue weighted by molar-refractivity contribution is 0.324. The molecule has 1 aliphatic heterocycles. The second-order valence-corrected chi connectivity index (χ2v) is 6.07. The Morgan fingerprint density at radius 2 is 1.67 bits per heavy atom. The van der Waals surface area contributed by atoms with Gasteiger partial charge in [0.25, 0.3) is 0 Å². The summed E-state index contributed by atoms with van der Waals surface area (Å²) in [4.78, 5) is 0. The molecule has 21 heavy (non-hydrogen) atoms. The van der Waals surface area contributed by atoms with E-state index in [2.05, 4.69) is 5.32 Å². The number of nitrogens with one attached hydrogen (secondary N) is 1. The SMILES string of the molecule is Fc1ccc([C@H]2c3ccc(F)cc3[C@H]3CNCC[C@H]23)cc1. The van der Waals surface area contributed by atoms with E-state index in [9.17, 15) is 8.78 Å². The predicted molar refractivity (Wildman–Crippen MR) is 78.4 cm³/mol. The molecule has 0 aromatic heterocycles. The first-order valence-electron chi connectivity index (χ1n) is 7.49. The molecule has 108 valence electrons. The van der Waals surface area contributed by atoms with Gasteiger partial charge in [0, 0.05) is 18.4 Å². The fraction of sp³-hybridized carbons (Fsp3) is 0.333. The average molecular weight is 285 g/mol. The molecule has 1 fully saturated rings. The second-order valence-electron chi connectivity index (χ2n) is 6.07. The van der Waals surface area contributed by atoms with Crippen molar-refractivity contribution in [2.24, 2.45) is 5.92 Å². The van der Waals surface area contributed by atoms with E-state index >= 15 is 0 Å². The Balaban J connectivity index is 1.84. The largest absolute Gasteiger partial charge is 0.316 e. The molecule has 2 aliphatic rings. The Kier molecular flexibility index (Phi) is 3.03. The molecule has 4 rings (SSSR count). The van der Waals surface area contributed by atoms with Gasteiger partial charge in [-0.25, -0.2) is 8.78 Å². The molecular formula is C18H17F2N. The van der Waals surface area contributed by atoms with Crippen LogP contribution < -0.4 is 5.32 Å². The Morgan fingerprint density at radius 1 is 0.905 bits per heavy atom. The Morgan fingerprint density at radius 3 is 2.48 bits per heavy atom. The van der Waals surface area contributed by atoms with Crippen molar-refractivity contribution < 1.29 is 8.78 Å². The van der Waals surface area contributed by atoms with Gasteiger partial charge in [0.15, 0.2) is 0 Å². The molecule has 1 N–H and O–H groups in total.